The van der Waals surface area contributed by atoms with Crippen LogP contribution in [0.4, 0.5) is 5.69 Å². The summed E-state index contributed by atoms with van der Waals surface area (Å²) in [5, 5.41) is 5.53. The normalized spacial score (nSPS) is 10.2. The molecule has 3 aromatic carbocycles. The molecule has 158 valence electrons. The van der Waals surface area contributed by atoms with E-state index in [0.717, 1.165) is 5.56 Å². The first-order valence-corrected chi connectivity index (χ1v) is 9.78. The Morgan fingerprint density at radius 1 is 0.871 bits per heavy atom. The van der Waals surface area contributed by atoms with Crippen molar-refractivity contribution in [3.8, 4) is 5.75 Å². The van der Waals surface area contributed by atoms with Crippen molar-refractivity contribution in [1.29, 1.82) is 0 Å². The third-order valence-electron chi connectivity index (χ3n) is 4.46. The number of para-hydroxylation sites is 1. The highest BCUT2D eigenvalue weighted by atomic mass is 16.5. The van der Waals surface area contributed by atoms with Gasteiger partial charge in [-0.15, -0.1) is 0 Å². The molecular weight excluding hydrogens is 394 g/mol. The molecule has 7 heteroatoms. The SMILES string of the molecule is CCNC(=O)c1cccc(NC(=O)c2cccc(COc3ccccc3C(N)=O)c2)c1. The molecule has 3 aromatic rings. The number of benzene rings is 3. The smallest absolute Gasteiger partial charge is 0.255 e. The molecule has 0 saturated heterocycles. The van der Waals surface area contributed by atoms with E-state index in [0.29, 0.717) is 34.7 Å². The van der Waals surface area contributed by atoms with Crippen LogP contribution in [0.1, 0.15) is 43.6 Å². The predicted octanol–water partition coefficient (Wildman–Crippen LogP) is 3.37. The predicted molar refractivity (Wildman–Crippen MR) is 118 cm³/mol. The van der Waals surface area contributed by atoms with Gasteiger partial charge in [0.25, 0.3) is 17.7 Å². The molecule has 0 spiro atoms. The van der Waals surface area contributed by atoms with Gasteiger partial charge >= 0.3 is 0 Å². The van der Waals surface area contributed by atoms with E-state index in [2.05, 4.69) is 10.6 Å². The van der Waals surface area contributed by atoms with Crippen molar-refractivity contribution in [3.63, 3.8) is 0 Å². The van der Waals surface area contributed by atoms with Crippen LogP contribution < -0.4 is 21.1 Å². The Kier molecular flexibility index (Phi) is 7.01. The number of carbonyl (C=O) groups excluding carboxylic acids is 3. The lowest BCUT2D eigenvalue weighted by molar-refractivity contribution is 0.0953. The average Bonchev–Trinajstić information content (AvgIpc) is 2.78. The summed E-state index contributed by atoms with van der Waals surface area (Å²) < 4.78 is 5.73. The fourth-order valence-electron chi connectivity index (χ4n) is 2.96. The molecule has 0 aliphatic carbocycles. The van der Waals surface area contributed by atoms with Crippen LogP contribution in [0.3, 0.4) is 0 Å². The molecule has 0 unspecified atom stereocenters. The third kappa shape index (κ3) is 5.70. The van der Waals surface area contributed by atoms with E-state index in [1.807, 2.05) is 13.0 Å². The number of ether oxygens (including phenoxy) is 1. The molecule has 0 atom stereocenters. The summed E-state index contributed by atoms with van der Waals surface area (Å²) in [6.07, 6.45) is 0. The van der Waals surface area contributed by atoms with E-state index in [1.54, 1.807) is 66.7 Å². The number of nitrogens with one attached hydrogen (secondary N) is 2. The molecule has 0 radical (unpaired) electrons. The van der Waals surface area contributed by atoms with Gasteiger partial charge in [-0.2, -0.15) is 0 Å². The van der Waals surface area contributed by atoms with Crippen molar-refractivity contribution in [2.24, 2.45) is 5.73 Å². The summed E-state index contributed by atoms with van der Waals surface area (Å²) >= 11 is 0. The van der Waals surface area contributed by atoms with Crippen LogP contribution >= 0.6 is 0 Å². The van der Waals surface area contributed by atoms with E-state index in [-0.39, 0.29) is 18.4 Å². The van der Waals surface area contributed by atoms with Gasteiger partial charge in [0.15, 0.2) is 0 Å². The highest BCUT2D eigenvalue weighted by molar-refractivity contribution is 6.05. The number of hydrogen-bond donors (Lipinski definition) is 3. The maximum atomic E-state index is 12.7. The zero-order valence-corrected chi connectivity index (χ0v) is 17.1. The monoisotopic (exact) mass is 417 g/mol. The Balaban J connectivity index is 1.69. The van der Waals surface area contributed by atoms with Crippen molar-refractivity contribution in [3.05, 3.63) is 95.1 Å². The molecule has 3 rings (SSSR count). The Morgan fingerprint density at radius 2 is 1.58 bits per heavy atom. The summed E-state index contributed by atoms with van der Waals surface area (Å²) in [7, 11) is 0. The third-order valence-corrected chi connectivity index (χ3v) is 4.46. The summed E-state index contributed by atoms with van der Waals surface area (Å²) in [4.78, 5) is 36.2. The Morgan fingerprint density at radius 3 is 2.32 bits per heavy atom. The first-order chi connectivity index (χ1) is 15.0. The lowest BCUT2D eigenvalue weighted by Crippen LogP contribution is -2.22. The lowest BCUT2D eigenvalue weighted by Gasteiger charge is -2.11. The Hall–Kier alpha value is -4.13. The molecule has 0 heterocycles. The van der Waals surface area contributed by atoms with Gasteiger partial charge in [-0.25, -0.2) is 0 Å². The fraction of sp³-hybridized carbons (Fsp3) is 0.125. The lowest BCUT2D eigenvalue weighted by atomic mass is 10.1. The molecule has 0 saturated carbocycles. The number of carbonyl (C=O) groups is 3. The Labute approximate surface area is 180 Å². The van der Waals surface area contributed by atoms with Crippen LogP contribution in [0.15, 0.2) is 72.8 Å². The minimum absolute atomic E-state index is 0.165. The molecule has 0 aromatic heterocycles. The molecule has 0 fully saturated rings. The summed E-state index contributed by atoms with van der Waals surface area (Å²) in [6, 6.07) is 20.4. The minimum atomic E-state index is -0.571. The van der Waals surface area contributed by atoms with Gasteiger partial charge < -0.3 is 21.1 Å². The van der Waals surface area contributed by atoms with E-state index in [4.69, 9.17) is 10.5 Å². The van der Waals surface area contributed by atoms with Gasteiger partial charge in [-0.05, 0) is 55.0 Å². The van der Waals surface area contributed by atoms with Crippen molar-refractivity contribution >= 4 is 23.4 Å². The number of primary amides is 1. The molecule has 0 aliphatic heterocycles. The van der Waals surface area contributed by atoms with Crippen LogP contribution in [-0.4, -0.2) is 24.3 Å². The summed E-state index contributed by atoms with van der Waals surface area (Å²) in [6.45, 7) is 2.53. The van der Waals surface area contributed by atoms with Crippen molar-refractivity contribution in [2.75, 3.05) is 11.9 Å². The number of anilines is 1. The molecule has 0 aliphatic rings. The van der Waals surface area contributed by atoms with Gasteiger partial charge in [0.2, 0.25) is 0 Å². The van der Waals surface area contributed by atoms with Crippen LogP contribution in [-0.2, 0) is 6.61 Å². The van der Waals surface area contributed by atoms with Crippen molar-refractivity contribution in [2.45, 2.75) is 13.5 Å². The largest absolute Gasteiger partial charge is 0.488 e. The first-order valence-electron chi connectivity index (χ1n) is 9.78. The molecule has 31 heavy (non-hydrogen) atoms. The van der Waals surface area contributed by atoms with Crippen molar-refractivity contribution < 1.29 is 19.1 Å². The van der Waals surface area contributed by atoms with Crippen molar-refractivity contribution in [1.82, 2.24) is 5.32 Å². The van der Waals surface area contributed by atoms with Gasteiger partial charge in [-0.1, -0.05) is 30.3 Å². The maximum Gasteiger partial charge on any atom is 0.255 e. The zero-order valence-electron chi connectivity index (χ0n) is 17.1. The fourth-order valence-corrected chi connectivity index (χ4v) is 2.96. The number of hydrogen-bond acceptors (Lipinski definition) is 4. The highest BCUT2D eigenvalue weighted by Gasteiger charge is 2.11. The van der Waals surface area contributed by atoms with Gasteiger partial charge in [-0.3, -0.25) is 14.4 Å². The van der Waals surface area contributed by atoms with Crippen LogP contribution in [0.2, 0.25) is 0 Å². The first kappa shape index (κ1) is 21.6. The average molecular weight is 417 g/mol. The van der Waals surface area contributed by atoms with E-state index >= 15 is 0 Å². The molecular formula is C24H23N3O4. The zero-order chi connectivity index (χ0) is 22.2. The van der Waals surface area contributed by atoms with Gasteiger partial charge in [0.1, 0.15) is 12.4 Å². The number of amides is 3. The second kappa shape index (κ2) is 10.1. The van der Waals surface area contributed by atoms with Crippen LogP contribution in [0.5, 0.6) is 5.75 Å². The minimum Gasteiger partial charge on any atom is -0.488 e. The number of rotatable bonds is 8. The standard InChI is InChI=1S/C24H23N3O4/c1-2-26-23(29)18-9-6-10-19(14-18)27-24(30)17-8-5-7-16(13-17)15-31-21-12-4-3-11-20(21)22(25)28/h3-14H,2,15H2,1H3,(H2,25,28)(H,26,29)(H,27,30). The summed E-state index contributed by atoms with van der Waals surface area (Å²) in [5.41, 5.74) is 7.84. The maximum absolute atomic E-state index is 12.7. The van der Waals surface area contributed by atoms with E-state index in [9.17, 15) is 14.4 Å². The molecule has 4 N–H and O–H groups in total. The van der Waals surface area contributed by atoms with Gasteiger partial charge in [0, 0.05) is 23.4 Å². The topological polar surface area (TPSA) is 111 Å². The quantitative estimate of drug-likeness (QED) is 0.522. The Bertz CT molecular complexity index is 1110. The summed E-state index contributed by atoms with van der Waals surface area (Å²) in [5.74, 6) is -0.702. The second-order valence-electron chi connectivity index (χ2n) is 6.74. The molecule has 0 bridgehead atoms. The van der Waals surface area contributed by atoms with Crippen LogP contribution in [0, 0.1) is 0 Å². The van der Waals surface area contributed by atoms with Gasteiger partial charge in [0.05, 0.1) is 5.56 Å². The second-order valence-corrected chi connectivity index (χ2v) is 6.74. The molecule has 7 nitrogen and oxygen atoms in total. The number of nitrogens with two attached hydrogens (primary N) is 1. The van der Waals surface area contributed by atoms with E-state index < -0.39 is 5.91 Å². The molecule has 3 amide bonds. The van der Waals surface area contributed by atoms with Crippen LogP contribution in [0.25, 0.3) is 0 Å². The highest BCUT2D eigenvalue weighted by Crippen LogP contribution is 2.19. The van der Waals surface area contributed by atoms with E-state index in [1.165, 1.54) is 0 Å².